The van der Waals surface area contributed by atoms with E-state index in [1.54, 1.807) is 0 Å². The standard InChI is InChI=1S/C8H5F5INO2/c9-6(10)5-4(17-8(11,12)13)1-3(2-16)15-7(5)14/h1,6,16H,2H2. The van der Waals surface area contributed by atoms with Crippen LogP contribution in [0, 0.1) is 3.70 Å². The minimum Gasteiger partial charge on any atom is -0.405 e. The molecule has 0 spiro atoms. The first-order chi connectivity index (χ1) is 7.74. The summed E-state index contributed by atoms with van der Waals surface area (Å²) in [5.41, 5.74) is -1.13. The zero-order valence-corrected chi connectivity index (χ0v) is 10.1. The molecule has 0 bridgehead atoms. The maximum absolute atomic E-state index is 12.5. The molecule has 0 atom stereocenters. The fraction of sp³-hybridized carbons (Fsp3) is 0.375. The van der Waals surface area contributed by atoms with Gasteiger partial charge in [0.1, 0.15) is 9.45 Å². The molecule has 3 nitrogen and oxygen atoms in total. The number of aliphatic hydroxyl groups excluding tert-OH is 1. The fourth-order valence-corrected chi connectivity index (χ4v) is 1.85. The van der Waals surface area contributed by atoms with Crippen molar-refractivity contribution in [1.82, 2.24) is 4.98 Å². The second kappa shape index (κ2) is 5.29. The van der Waals surface area contributed by atoms with Crippen molar-refractivity contribution in [3.63, 3.8) is 0 Å². The van der Waals surface area contributed by atoms with Crippen molar-refractivity contribution >= 4 is 22.6 Å². The summed E-state index contributed by atoms with van der Waals surface area (Å²) in [6.45, 7) is -0.673. The molecular weight excluding hydrogens is 364 g/mol. The molecular formula is C8H5F5INO2. The van der Waals surface area contributed by atoms with Gasteiger partial charge in [0, 0.05) is 6.07 Å². The molecule has 1 rings (SSSR count). The van der Waals surface area contributed by atoms with Gasteiger partial charge in [-0.2, -0.15) is 0 Å². The molecule has 1 N–H and O–H groups in total. The summed E-state index contributed by atoms with van der Waals surface area (Å²) < 4.78 is 64.2. The van der Waals surface area contributed by atoms with Gasteiger partial charge in [0.25, 0.3) is 6.43 Å². The van der Waals surface area contributed by atoms with Crippen molar-refractivity contribution in [2.45, 2.75) is 19.4 Å². The third kappa shape index (κ3) is 3.91. The summed E-state index contributed by atoms with van der Waals surface area (Å²) >= 11 is 1.35. The zero-order valence-electron chi connectivity index (χ0n) is 7.93. The molecule has 0 aliphatic heterocycles. The molecule has 1 aromatic heterocycles. The number of rotatable bonds is 3. The van der Waals surface area contributed by atoms with E-state index in [4.69, 9.17) is 5.11 Å². The van der Waals surface area contributed by atoms with Gasteiger partial charge < -0.3 is 9.84 Å². The van der Waals surface area contributed by atoms with Gasteiger partial charge in [0.2, 0.25) is 0 Å². The number of hydrogen-bond donors (Lipinski definition) is 1. The van der Waals surface area contributed by atoms with Crippen LogP contribution in [-0.2, 0) is 6.61 Å². The van der Waals surface area contributed by atoms with E-state index in [9.17, 15) is 22.0 Å². The molecule has 9 heteroatoms. The number of aliphatic hydroxyl groups is 1. The molecule has 96 valence electrons. The molecule has 1 aromatic rings. The topological polar surface area (TPSA) is 42.4 Å². The van der Waals surface area contributed by atoms with Crippen molar-refractivity contribution in [2.24, 2.45) is 0 Å². The number of alkyl halides is 5. The van der Waals surface area contributed by atoms with E-state index < -0.39 is 30.7 Å². The van der Waals surface area contributed by atoms with Gasteiger partial charge in [-0.1, -0.05) is 0 Å². The van der Waals surface area contributed by atoms with E-state index in [0.29, 0.717) is 6.07 Å². The normalized spacial score (nSPS) is 12.0. The van der Waals surface area contributed by atoms with Gasteiger partial charge in [-0.05, 0) is 22.6 Å². The van der Waals surface area contributed by atoms with Crippen LogP contribution in [0.4, 0.5) is 22.0 Å². The van der Waals surface area contributed by atoms with Crippen LogP contribution in [0.1, 0.15) is 17.7 Å². The SMILES string of the molecule is OCc1cc(OC(F)(F)F)c(C(F)F)c(I)n1. The van der Waals surface area contributed by atoms with Crippen LogP contribution in [0.25, 0.3) is 0 Å². The predicted octanol–water partition coefficient (Wildman–Crippen LogP) is 3.01. The Balaban J connectivity index is 3.27. The smallest absolute Gasteiger partial charge is 0.405 e. The molecule has 0 unspecified atom stereocenters. The lowest BCUT2D eigenvalue weighted by atomic mass is 10.2. The van der Waals surface area contributed by atoms with Crippen LogP contribution in [0.5, 0.6) is 5.75 Å². The van der Waals surface area contributed by atoms with Crippen LogP contribution in [0.15, 0.2) is 6.07 Å². The Kier molecular flexibility index (Phi) is 4.47. The summed E-state index contributed by atoms with van der Waals surface area (Å²) in [6, 6.07) is 0.636. The third-order valence-electron chi connectivity index (χ3n) is 1.63. The Morgan fingerprint density at radius 3 is 2.41 bits per heavy atom. The summed E-state index contributed by atoms with van der Waals surface area (Å²) in [6.07, 6.45) is -8.24. The number of pyridine rings is 1. The molecule has 0 saturated carbocycles. The predicted molar refractivity (Wildman–Crippen MR) is 54.5 cm³/mol. The maximum atomic E-state index is 12.5. The molecule has 0 aliphatic rings. The molecule has 0 radical (unpaired) electrons. The first-order valence-electron chi connectivity index (χ1n) is 4.08. The molecule has 1 heterocycles. The summed E-state index contributed by atoms with van der Waals surface area (Å²) in [4.78, 5) is 3.51. The number of halogens is 6. The van der Waals surface area contributed by atoms with Crippen LogP contribution in [-0.4, -0.2) is 16.5 Å². The van der Waals surface area contributed by atoms with Crippen LogP contribution < -0.4 is 4.74 Å². The molecule has 0 aromatic carbocycles. The zero-order chi connectivity index (χ0) is 13.2. The lowest BCUT2D eigenvalue weighted by molar-refractivity contribution is -0.275. The highest BCUT2D eigenvalue weighted by Gasteiger charge is 2.34. The van der Waals surface area contributed by atoms with Crippen molar-refractivity contribution in [1.29, 1.82) is 0 Å². The van der Waals surface area contributed by atoms with Gasteiger partial charge >= 0.3 is 6.36 Å². The lowest BCUT2D eigenvalue weighted by Crippen LogP contribution is -2.19. The Morgan fingerprint density at radius 2 is 2.00 bits per heavy atom. The number of ether oxygens (including phenoxy) is 1. The van der Waals surface area contributed by atoms with E-state index in [-0.39, 0.29) is 9.39 Å². The van der Waals surface area contributed by atoms with Gasteiger partial charge in [0.15, 0.2) is 0 Å². The molecule has 0 saturated heterocycles. The summed E-state index contributed by atoms with van der Waals surface area (Å²) in [7, 11) is 0. The van der Waals surface area contributed by atoms with Crippen LogP contribution in [0.2, 0.25) is 0 Å². The Hall–Kier alpha value is -0.710. The number of hydrogen-bond acceptors (Lipinski definition) is 3. The van der Waals surface area contributed by atoms with Gasteiger partial charge in [0.05, 0.1) is 17.9 Å². The number of aromatic nitrogens is 1. The van der Waals surface area contributed by atoms with Crippen molar-refractivity contribution < 1.29 is 31.8 Å². The summed E-state index contributed by atoms with van der Waals surface area (Å²) in [5.74, 6) is -1.05. The average Bonchev–Trinajstić information content (AvgIpc) is 2.13. The maximum Gasteiger partial charge on any atom is 0.573 e. The Labute approximate surface area is 106 Å². The van der Waals surface area contributed by atoms with E-state index in [1.165, 1.54) is 22.6 Å². The highest BCUT2D eigenvalue weighted by Crippen LogP contribution is 2.35. The van der Waals surface area contributed by atoms with Crippen molar-refractivity contribution in [3.8, 4) is 5.75 Å². The molecule has 0 amide bonds. The van der Waals surface area contributed by atoms with Crippen LogP contribution in [0.3, 0.4) is 0 Å². The van der Waals surface area contributed by atoms with E-state index in [2.05, 4.69) is 9.72 Å². The quantitative estimate of drug-likeness (QED) is 0.506. The highest BCUT2D eigenvalue weighted by molar-refractivity contribution is 14.1. The van der Waals surface area contributed by atoms with Gasteiger partial charge in [-0.25, -0.2) is 13.8 Å². The third-order valence-corrected chi connectivity index (χ3v) is 2.46. The second-order valence-electron chi connectivity index (χ2n) is 2.82. The molecule has 0 aliphatic carbocycles. The summed E-state index contributed by atoms with van der Waals surface area (Å²) in [5, 5.41) is 8.72. The van der Waals surface area contributed by atoms with Gasteiger partial charge in [-0.3, -0.25) is 0 Å². The first kappa shape index (κ1) is 14.4. The van der Waals surface area contributed by atoms with E-state index >= 15 is 0 Å². The fourth-order valence-electron chi connectivity index (χ4n) is 1.04. The Morgan fingerprint density at radius 1 is 1.41 bits per heavy atom. The van der Waals surface area contributed by atoms with Crippen molar-refractivity contribution in [2.75, 3.05) is 0 Å². The second-order valence-corrected chi connectivity index (χ2v) is 3.84. The van der Waals surface area contributed by atoms with Crippen LogP contribution >= 0.6 is 22.6 Å². The Bertz CT molecular complexity index is 410. The largest absolute Gasteiger partial charge is 0.573 e. The van der Waals surface area contributed by atoms with Crippen molar-refractivity contribution in [3.05, 3.63) is 21.0 Å². The van der Waals surface area contributed by atoms with E-state index in [1.807, 2.05) is 0 Å². The molecule has 17 heavy (non-hydrogen) atoms. The van der Waals surface area contributed by atoms with E-state index in [0.717, 1.165) is 0 Å². The molecule has 0 fully saturated rings. The number of nitrogens with zero attached hydrogens (tertiary/aromatic N) is 1. The first-order valence-corrected chi connectivity index (χ1v) is 5.16. The average molecular weight is 369 g/mol. The minimum atomic E-state index is -5.08. The minimum absolute atomic E-state index is 0.182. The lowest BCUT2D eigenvalue weighted by Gasteiger charge is -2.14. The highest BCUT2D eigenvalue weighted by atomic mass is 127. The van der Waals surface area contributed by atoms with Gasteiger partial charge in [-0.15, -0.1) is 13.2 Å². The monoisotopic (exact) mass is 369 g/mol.